The van der Waals surface area contributed by atoms with E-state index in [2.05, 4.69) is 17.3 Å². The highest BCUT2D eigenvalue weighted by Crippen LogP contribution is 2.25. The van der Waals surface area contributed by atoms with Gasteiger partial charge in [-0.05, 0) is 24.7 Å². The second-order valence-electron chi connectivity index (χ2n) is 5.71. The Balaban J connectivity index is 2.80. The number of halogens is 1. The number of rotatable bonds is 8. The van der Waals surface area contributed by atoms with Gasteiger partial charge in [0.1, 0.15) is 5.15 Å². The minimum atomic E-state index is -0.184. The first-order valence-corrected chi connectivity index (χ1v) is 7.91. The minimum absolute atomic E-state index is 0.133. The Morgan fingerprint density at radius 3 is 2.62 bits per heavy atom. The number of hydrogen-bond donors (Lipinski definition) is 2. The largest absolute Gasteiger partial charge is 0.396 e. The Bertz CT molecular complexity index is 466. The molecule has 5 nitrogen and oxygen atoms in total. The summed E-state index contributed by atoms with van der Waals surface area (Å²) in [6, 6.07) is 0. The van der Waals surface area contributed by atoms with E-state index in [1.54, 1.807) is 7.05 Å². The maximum absolute atomic E-state index is 12.4. The molecule has 21 heavy (non-hydrogen) atoms. The number of nitrogens with one attached hydrogen (secondary N) is 1. The third-order valence-electron chi connectivity index (χ3n) is 3.56. The quantitative estimate of drug-likeness (QED) is 0.775. The second-order valence-corrected chi connectivity index (χ2v) is 6.06. The average Bonchev–Trinajstić information content (AvgIpc) is 2.73. The summed E-state index contributed by atoms with van der Waals surface area (Å²) in [4.78, 5) is 12.4. The van der Waals surface area contributed by atoms with E-state index < -0.39 is 0 Å². The van der Waals surface area contributed by atoms with Crippen LogP contribution in [-0.4, -0.2) is 33.9 Å². The summed E-state index contributed by atoms with van der Waals surface area (Å²) in [6.45, 7) is 6.77. The number of carbonyl (C=O) groups excluding carboxylic acids is 1. The van der Waals surface area contributed by atoms with Gasteiger partial charge in [0.2, 0.25) is 0 Å². The topological polar surface area (TPSA) is 67.2 Å². The molecule has 1 atom stereocenters. The molecular formula is C15H26ClN3O2. The summed E-state index contributed by atoms with van der Waals surface area (Å²) in [6.07, 6.45) is 2.72. The van der Waals surface area contributed by atoms with Gasteiger partial charge in [-0.1, -0.05) is 38.8 Å². The molecule has 1 aromatic heterocycles. The molecule has 0 aliphatic rings. The molecule has 0 aliphatic carbocycles. The SMILES string of the molecule is CCC[C@H](CCO)CNC(=O)c1c(C(C)C)nn(C)c1Cl. The van der Waals surface area contributed by atoms with Crippen molar-refractivity contribution in [2.45, 2.75) is 46.0 Å². The van der Waals surface area contributed by atoms with Crippen LogP contribution in [0.5, 0.6) is 0 Å². The summed E-state index contributed by atoms with van der Waals surface area (Å²) in [5.74, 6) is 0.242. The van der Waals surface area contributed by atoms with Crippen LogP contribution in [0.3, 0.4) is 0 Å². The molecule has 0 aliphatic heterocycles. The number of carbonyl (C=O) groups is 1. The molecule has 0 radical (unpaired) electrons. The molecular weight excluding hydrogens is 290 g/mol. The number of aliphatic hydroxyl groups excluding tert-OH is 1. The third kappa shape index (κ3) is 4.71. The molecule has 2 N–H and O–H groups in total. The van der Waals surface area contributed by atoms with Crippen molar-refractivity contribution in [3.05, 3.63) is 16.4 Å². The Kier molecular flexibility index (Phi) is 7.18. The Hall–Kier alpha value is -1.07. The van der Waals surface area contributed by atoms with Gasteiger partial charge in [0, 0.05) is 20.2 Å². The smallest absolute Gasteiger partial charge is 0.256 e. The number of hydrogen-bond acceptors (Lipinski definition) is 3. The second kappa shape index (κ2) is 8.39. The zero-order chi connectivity index (χ0) is 16.0. The summed E-state index contributed by atoms with van der Waals surface area (Å²) in [7, 11) is 1.73. The molecule has 1 heterocycles. The van der Waals surface area contributed by atoms with Gasteiger partial charge in [-0.3, -0.25) is 9.48 Å². The van der Waals surface area contributed by atoms with Crippen LogP contribution in [0.15, 0.2) is 0 Å². The molecule has 1 rings (SSSR count). The van der Waals surface area contributed by atoms with E-state index in [0.717, 1.165) is 12.8 Å². The molecule has 0 fully saturated rings. The summed E-state index contributed by atoms with van der Waals surface area (Å²) in [5.41, 5.74) is 1.18. The zero-order valence-corrected chi connectivity index (χ0v) is 14.1. The molecule has 1 amide bonds. The van der Waals surface area contributed by atoms with Crippen molar-refractivity contribution < 1.29 is 9.90 Å². The molecule has 120 valence electrons. The van der Waals surface area contributed by atoms with Crippen molar-refractivity contribution >= 4 is 17.5 Å². The van der Waals surface area contributed by atoms with E-state index in [1.807, 2.05) is 13.8 Å². The number of nitrogens with zero attached hydrogens (tertiary/aromatic N) is 2. The van der Waals surface area contributed by atoms with Crippen molar-refractivity contribution in [1.29, 1.82) is 0 Å². The van der Waals surface area contributed by atoms with Gasteiger partial charge >= 0.3 is 0 Å². The van der Waals surface area contributed by atoms with Crippen LogP contribution in [0.1, 0.15) is 62.0 Å². The standard InChI is InChI=1S/C15H26ClN3O2/c1-5-6-11(7-8-20)9-17-15(21)12-13(10(2)3)18-19(4)14(12)16/h10-11,20H,5-9H2,1-4H3,(H,17,21)/t11-/m1/s1. The lowest BCUT2D eigenvalue weighted by Crippen LogP contribution is -2.30. The number of aryl methyl sites for hydroxylation is 1. The first-order valence-electron chi connectivity index (χ1n) is 7.53. The first-order chi connectivity index (χ1) is 9.92. The summed E-state index contributed by atoms with van der Waals surface area (Å²) in [5, 5.41) is 16.7. The zero-order valence-electron chi connectivity index (χ0n) is 13.3. The van der Waals surface area contributed by atoms with Crippen LogP contribution in [0, 0.1) is 5.92 Å². The van der Waals surface area contributed by atoms with Crippen LogP contribution in [-0.2, 0) is 7.05 Å². The lowest BCUT2D eigenvalue weighted by Gasteiger charge is -2.16. The van der Waals surface area contributed by atoms with E-state index in [4.69, 9.17) is 16.7 Å². The van der Waals surface area contributed by atoms with Crippen molar-refractivity contribution in [3.63, 3.8) is 0 Å². The maximum Gasteiger partial charge on any atom is 0.256 e. The van der Waals surface area contributed by atoms with Crippen LogP contribution < -0.4 is 5.32 Å². The highest BCUT2D eigenvalue weighted by atomic mass is 35.5. The summed E-state index contributed by atoms with van der Waals surface area (Å²) < 4.78 is 1.53. The normalized spacial score (nSPS) is 12.7. The molecule has 1 aromatic rings. The van der Waals surface area contributed by atoms with E-state index in [1.165, 1.54) is 4.68 Å². The number of amides is 1. The molecule has 0 saturated carbocycles. The molecule has 0 aromatic carbocycles. The minimum Gasteiger partial charge on any atom is -0.396 e. The van der Waals surface area contributed by atoms with E-state index in [0.29, 0.717) is 35.3 Å². The van der Waals surface area contributed by atoms with Crippen molar-refractivity contribution in [2.24, 2.45) is 13.0 Å². The molecule has 0 bridgehead atoms. The van der Waals surface area contributed by atoms with Gasteiger partial charge in [0.25, 0.3) is 5.91 Å². The fourth-order valence-corrected chi connectivity index (χ4v) is 2.62. The Morgan fingerprint density at radius 1 is 1.43 bits per heavy atom. The maximum atomic E-state index is 12.4. The predicted molar refractivity (Wildman–Crippen MR) is 84.7 cm³/mol. The van der Waals surface area contributed by atoms with Crippen LogP contribution in [0.2, 0.25) is 5.15 Å². The Labute approximate surface area is 131 Å². The molecule has 6 heteroatoms. The number of aliphatic hydroxyl groups is 1. The van der Waals surface area contributed by atoms with Gasteiger partial charge in [0.15, 0.2) is 0 Å². The predicted octanol–water partition coefficient (Wildman–Crippen LogP) is 2.73. The van der Waals surface area contributed by atoms with Gasteiger partial charge in [-0.2, -0.15) is 5.10 Å². The lowest BCUT2D eigenvalue weighted by molar-refractivity contribution is 0.0941. The third-order valence-corrected chi connectivity index (χ3v) is 4.00. The van der Waals surface area contributed by atoms with Gasteiger partial charge in [-0.15, -0.1) is 0 Å². The fourth-order valence-electron chi connectivity index (χ4n) is 2.40. The highest BCUT2D eigenvalue weighted by Gasteiger charge is 2.23. The average molecular weight is 316 g/mol. The summed E-state index contributed by atoms with van der Waals surface area (Å²) >= 11 is 6.19. The molecule has 0 spiro atoms. The monoisotopic (exact) mass is 315 g/mol. The van der Waals surface area contributed by atoms with Crippen molar-refractivity contribution in [3.8, 4) is 0 Å². The van der Waals surface area contributed by atoms with Crippen molar-refractivity contribution in [1.82, 2.24) is 15.1 Å². The van der Waals surface area contributed by atoms with Gasteiger partial charge in [-0.25, -0.2) is 0 Å². The fraction of sp³-hybridized carbons (Fsp3) is 0.733. The number of aromatic nitrogens is 2. The van der Waals surface area contributed by atoms with Crippen LogP contribution in [0.4, 0.5) is 0 Å². The van der Waals surface area contributed by atoms with E-state index in [9.17, 15) is 4.79 Å². The van der Waals surface area contributed by atoms with Crippen LogP contribution >= 0.6 is 11.6 Å². The Morgan fingerprint density at radius 2 is 2.10 bits per heavy atom. The molecule has 0 saturated heterocycles. The lowest BCUT2D eigenvalue weighted by atomic mass is 10.00. The van der Waals surface area contributed by atoms with Crippen molar-refractivity contribution in [2.75, 3.05) is 13.2 Å². The van der Waals surface area contributed by atoms with Crippen LogP contribution in [0.25, 0.3) is 0 Å². The highest BCUT2D eigenvalue weighted by molar-refractivity contribution is 6.33. The van der Waals surface area contributed by atoms with Gasteiger partial charge in [0.05, 0.1) is 11.3 Å². The van der Waals surface area contributed by atoms with E-state index in [-0.39, 0.29) is 18.4 Å². The van der Waals surface area contributed by atoms with E-state index >= 15 is 0 Å². The van der Waals surface area contributed by atoms with Gasteiger partial charge < -0.3 is 10.4 Å². The first kappa shape index (κ1) is 18.0. The molecule has 0 unspecified atom stereocenters.